The minimum Gasteiger partial charge on any atom is -0.497 e. The van der Waals surface area contributed by atoms with Crippen molar-refractivity contribution in [2.75, 3.05) is 20.2 Å². The first-order valence-corrected chi connectivity index (χ1v) is 12.2. The molecule has 11 heteroatoms. The van der Waals surface area contributed by atoms with E-state index in [-0.39, 0.29) is 17.3 Å². The molecule has 1 aromatic heterocycles. The molecule has 9 nitrogen and oxygen atoms in total. The van der Waals surface area contributed by atoms with Gasteiger partial charge in [0.1, 0.15) is 16.5 Å². The van der Waals surface area contributed by atoms with Crippen LogP contribution in [0.15, 0.2) is 51.8 Å². The SMILES string of the molecule is COc1ccc(-c2nnc([C@@H](C)OC(=O)c3ccc(F)c(S(=O)(=O)N4CCCCC4)c3)o2)cc1. The second-order valence-corrected chi connectivity index (χ2v) is 9.74. The number of methoxy groups -OCH3 is 1. The topological polar surface area (TPSA) is 112 Å². The first-order chi connectivity index (χ1) is 16.3. The van der Waals surface area contributed by atoms with Crippen molar-refractivity contribution < 1.29 is 31.5 Å². The molecule has 0 bridgehead atoms. The van der Waals surface area contributed by atoms with Gasteiger partial charge in [0.05, 0.1) is 12.7 Å². The lowest BCUT2D eigenvalue weighted by atomic mass is 10.2. The van der Waals surface area contributed by atoms with Crippen molar-refractivity contribution in [3.05, 3.63) is 59.7 Å². The van der Waals surface area contributed by atoms with Gasteiger partial charge in [-0.2, -0.15) is 4.31 Å². The fourth-order valence-electron chi connectivity index (χ4n) is 3.60. The Hall–Kier alpha value is -3.31. The molecule has 180 valence electrons. The Balaban J connectivity index is 1.49. The molecule has 34 heavy (non-hydrogen) atoms. The van der Waals surface area contributed by atoms with Gasteiger partial charge in [-0.15, -0.1) is 10.2 Å². The Labute approximate surface area is 196 Å². The number of nitrogens with zero attached hydrogens (tertiary/aromatic N) is 3. The minimum atomic E-state index is -4.06. The first kappa shape index (κ1) is 23.8. The standard InChI is InChI=1S/C23H24FN3O6S/c1-15(21-25-26-22(33-21)16-6-9-18(31-2)10-7-16)32-23(28)17-8-11-19(24)20(14-17)34(29,30)27-12-4-3-5-13-27/h6-11,14-15H,3-5,12-13H2,1-2H3/t15-/m1/s1. The summed E-state index contributed by atoms with van der Waals surface area (Å²) in [6.07, 6.45) is 1.43. The molecule has 0 N–H and O–H groups in total. The summed E-state index contributed by atoms with van der Waals surface area (Å²) in [6.45, 7) is 2.18. The highest BCUT2D eigenvalue weighted by molar-refractivity contribution is 7.89. The van der Waals surface area contributed by atoms with Crippen LogP contribution < -0.4 is 4.74 Å². The highest BCUT2D eigenvalue weighted by Crippen LogP contribution is 2.27. The summed E-state index contributed by atoms with van der Waals surface area (Å²) in [7, 11) is -2.50. The van der Waals surface area contributed by atoms with Gasteiger partial charge in [-0.05, 0) is 62.2 Å². The minimum absolute atomic E-state index is 0.0578. The van der Waals surface area contributed by atoms with E-state index in [1.807, 2.05) is 0 Å². The first-order valence-electron chi connectivity index (χ1n) is 10.8. The lowest BCUT2D eigenvalue weighted by Gasteiger charge is -2.26. The van der Waals surface area contributed by atoms with Gasteiger partial charge in [0.25, 0.3) is 5.89 Å². The molecular weight excluding hydrogens is 465 g/mol. The number of esters is 1. The Morgan fingerprint density at radius 3 is 2.47 bits per heavy atom. The van der Waals surface area contributed by atoms with Crippen molar-refractivity contribution in [2.45, 2.75) is 37.2 Å². The number of halogens is 1. The Bertz CT molecular complexity index is 1270. The van der Waals surface area contributed by atoms with Crippen LogP contribution in [0.5, 0.6) is 5.75 Å². The number of ether oxygens (including phenoxy) is 2. The predicted molar refractivity (Wildman–Crippen MR) is 119 cm³/mol. The fourth-order valence-corrected chi connectivity index (χ4v) is 5.21. The van der Waals surface area contributed by atoms with Crippen molar-refractivity contribution in [3.8, 4) is 17.2 Å². The number of rotatable bonds is 7. The summed E-state index contributed by atoms with van der Waals surface area (Å²) in [6, 6.07) is 10.1. The van der Waals surface area contributed by atoms with Crippen LogP contribution in [0.1, 0.15) is 48.5 Å². The maximum Gasteiger partial charge on any atom is 0.338 e. The second-order valence-electron chi connectivity index (χ2n) is 7.83. The van der Waals surface area contributed by atoms with Gasteiger partial charge >= 0.3 is 5.97 Å². The normalized spacial score (nSPS) is 15.6. The van der Waals surface area contributed by atoms with Crippen LogP contribution in [-0.4, -0.2) is 49.1 Å². The molecule has 1 saturated heterocycles. The van der Waals surface area contributed by atoms with E-state index in [4.69, 9.17) is 13.9 Å². The van der Waals surface area contributed by atoms with Crippen LogP contribution in [0, 0.1) is 5.82 Å². The predicted octanol–water partition coefficient (Wildman–Crippen LogP) is 3.98. The van der Waals surface area contributed by atoms with Crippen LogP contribution in [0.2, 0.25) is 0 Å². The average Bonchev–Trinajstić information content (AvgIpc) is 3.35. The Morgan fingerprint density at radius 2 is 1.79 bits per heavy atom. The van der Waals surface area contributed by atoms with Crippen molar-refractivity contribution in [1.29, 1.82) is 0 Å². The van der Waals surface area contributed by atoms with Crippen molar-refractivity contribution in [2.24, 2.45) is 0 Å². The van der Waals surface area contributed by atoms with Crippen LogP contribution in [0.3, 0.4) is 0 Å². The van der Waals surface area contributed by atoms with Gasteiger partial charge in [-0.3, -0.25) is 0 Å². The molecule has 1 aliphatic rings. The van der Waals surface area contributed by atoms with Gasteiger partial charge in [0.15, 0.2) is 6.10 Å². The lowest BCUT2D eigenvalue weighted by Crippen LogP contribution is -2.36. The quantitative estimate of drug-likeness (QED) is 0.458. The monoisotopic (exact) mass is 489 g/mol. The van der Waals surface area contributed by atoms with Gasteiger partial charge in [-0.1, -0.05) is 6.42 Å². The third-order valence-electron chi connectivity index (χ3n) is 5.51. The fraction of sp³-hybridized carbons (Fsp3) is 0.348. The number of carbonyl (C=O) groups excluding carboxylic acids is 1. The summed E-state index contributed by atoms with van der Waals surface area (Å²) in [5.41, 5.74) is 0.558. The number of aromatic nitrogens is 2. The van der Waals surface area contributed by atoms with Gasteiger partial charge in [0, 0.05) is 18.7 Å². The third kappa shape index (κ3) is 4.95. The summed E-state index contributed by atoms with van der Waals surface area (Å²) in [5, 5.41) is 7.90. The molecule has 4 rings (SSSR count). The van der Waals surface area contributed by atoms with Crippen LogP contribution in [-0.2, 0) is 14.8 Å². The van der Waals surface area contributed by atoms with E-state index < -0.39 is 32.8 Å². The Kier molecular flexibility index (Phi) is 6.94. The number of hydrogen-bond acceptors (Lipinski definition) is 8. The molecule has 1 aliphatic heterocycles. The number of piperidine rings is 1. The molecule has 1 atom stereocenters. The van der Waals surface area contributed by atoms with Crippen LogP contribution in [0.4, 0.5) is 4.39 Å². The van der Waals surface area contributed by atoms with E-state index in [1.54, 1.807) is 31.4 Å². The number of hydrogen-bond donors (Lipinski definition) is 0. The van der Waals surface area contributed by atoms with E-state index in [0.29, 0.717) is 37.2 Å². The van der Waals surface area contributed by atoms with Gasteiger partial charge in [0.2, 0.25) is 15.9 Å². The van der Waals surface area contributed by atoms with E-state index in [1.165, 1.54) is 17.3 Å². The molecular formula is C23H24FN3O6S. The molecule has 0 spiro atoms. The maximum atomic E-state index is 14.4. The number of benzene rings is 2. The highest BCUT2D eigenvalue weighted by atomic mass is 32.2. The van der Waals surface area contributed by atoms with E-state index in [9.17, 15) is 17.6 Å². The molecule has 1 fully saturated rings. The molecule has 0 radical (unpaired) electrons. The van der Waals surface area contributed by atoms with Crippen molar-refractivity contribution >= 4 is 16.0 Å². The zero-order chi connectivity index (χ0) is 24.3. The molecule has 0 saturated carbocycles. The molecule has 0 amide bonds. The molecule has 0 unspecified atom stereocenters. The molecule has 2 heterocycles. The largest absolute Gasteiger partial charge is 0.497 e. The third-order valence-corrected chi connectivity index (χ3v) is 7.42. The van der Waals surface area contributed by atoms with E-state index >= 15 is 0 Å². The van der Waals surface area contributed by atoms with Crippen molar-refractivity contribution in [1.82, 2.24) is 14.5 Å². The van der Waals surface area contributed by atoms with E-state index in [0.717, 1.165) is 18.6 Å². The maximum absolute atomic E-state index is 14.4. The number of carbonyl (C=O) groups is 1. The summed E-state index contributed by atoms with van der Waals surface area (Å²) in [5.74, 6) is -0.797. The average molecular weight is 490 g/mol. The van der Waals surface area contributed by atoms with Gasteiger partial charge in [-0.25, -0.2) is 17.6 Å². The Morgan fingerprint density at radius 1 is 1.09 bits per heavy atom. The summed E-state index contributed by atoms with van der Waals surface area (Å²) < 4.78 is 57.6. The highest BCUT2D eigenvalue weighted by Gasteiger charge is 2.30. The van der Waals surface area contributed by atoms with Crippen molar-refractivity contribution in [3.63, 3.8) is 0 Å². The second kappa shape index (κ2) is 9.90. The lowest BCUT2D eigenvalue weighted by molar-refractivity contribution is 0.0279. The summed E-state index contributed by atoms with van der Waals surface area (Å²) in [4.78, 5) is 12.1. The number of sulfonamides is 1. The van der Waals surface area contributed by atoms with Crippen LogP contribution >= 0.6 is 0 Å². The summed E-state index contributed by atoms with van der Waals surface area (Å²) >= 11 is 0. The molecule has 3 aromatic rings. The molecule has 0 aliphatic carbocycles. The van der Waals surface area contributed by atoms with Crippen LogP contribution in [0.25, 0.3) is 11.5 Å². The van der Waals surface area contributed by atoms with Gasteiger partial charge < -0.3 is 13.9 Å². The zero-order valence-corrected chi connectivity index (χ0v) is 19.5. The molecule has 2 aromatic carbocycles. The van der Waals surface area contributed by atoms with E-state index in [2.05, 4.69) is 10.2 Å². The zero-order valence-electron chi connectivity index (χ0n) is 18.7. The smallest absolute Gasteiger partial charge is 0.338 e.